The molecule has 1 heterocycles. The van der Waals surface area contributed by atoms with Crippen molar-refractivity contribution in [3.05, 3.63) is 58.1 Å². The van der Waals surface area contributed by atoms with E-state index in [9.17, 15) is 4.79 Å². The van der Waals surface area contributed by atoms with Crippen LogP contribution < -0.4 is 10.2 Å². The molecule has 1 aliphatic heterocycles. The molecular weight excluding hydrogens is 295 g/mol. The molecule has 0 bridgehead atoms. The van der Waals surface area contributed by atoms with Gasteiger partial charge in [0.2, 0.25) is 5.91 Å². The lowest BCUT2D eigenvalue weighted by molar-refractivity contribution is -0.117. The van der Waals surface area contributed by atoms with E-state index in [-0.39, 0.29) is 12.5 Å². The zero-order chi connectivity index (χ0) is 14.1. The van der Waals surface area contributed by atoms with Crippen molar-refractivity contribution < 1.29 is 4.79 Å². The van der Waals surface area contributed by atoms with Crippen LogP contribution in [0.3, 0.4) is 0 Å². The van der Waals surface area contributed by atoms with Gasteiger partial charge in [-0.1, -0.05) is 41.4 Å². The SMILES string of the molecule is O=C1CNc2ccccc2N1Cc1c(Cl)cccc1Cl. The van der Waals surface area contributed by atoms with E-state index >= 15 is 0 Å². The molecule has 0 unspecified atom stereocenters. The number of benzene rings is 2. The summed E-state index contributed by atoms with van der Waals surface area (Å²) in [7, 11) is 0. The second-order valence-corrected chi connectivity index (χ2v) is 5.37. The fourth-order valence-corrected chi connectivity index (χ4v) is 2.79. The number of hydrogen-bond donors (Lipinski definition) is 1. The Morgan fingerprint density at radius 1 is 1.05 bits per heavy atom. The minimum Gasteiger partial charge on any atom is -0.374 e. The van der Waals surface area contributed by atoms with E-state index in [1.54, 1.807) is 23.1 Å². The Labute approximate surface area is 127 Å². The first kappa shape index (κ1) is 13.3. The van der Waals surface area contributed by atoms with E-state index in [1.807, 2.05) is 24.3 Å². The third kappa shape index (κ3) is 2.35. The third-order valence-electron chi connectivity index (χ3n) is 3.30. The van der Waals surface area contributed by atoms with Crippen LogP contribution in [0, 0.1) is 0 Å². The highest BCUT2D eigenvalue weighted by atomic mass is 35.5. The Balaban J connectivity index is 2.00. The molecule has 0 saturated carbocycles. The van der Waals surface area contributed by atoms with E-state index in [0.717, 1.165) is 16.9 Å². The predicted molar refractivity (Wildman–Crippen MR) is 82.6 cm³/mol. The molecule has 1 amide bonds. The zero-order valence-corrected chi connectivity index (χ0v) is 12.1. The molecule has 0 atom stereocenters. The molecule has 102 valence electrons. The molecule has 0 aromatic heterocycles. The summed E-state index contributed by atoms with van der Waals surface area (Å²) in [6, 6.07) is 13.0. The Bertz CT molecular complexity index is 652. The quantitative estimate of drug-likeness (QED) is 0.911. The molecule has 0 aliphatic carbocycles. The van der Waals surface area contributed by atoms with Crippen LogP contribution in [0.25, 0.3) is 0 Å². The Morgan fingerprint density at radius 3 is 2.50 bits per heavy atom. The average Bonchev–Trinajstić information content (AvgIpc) is 2.45. The van der Waals surface area contributed by atoms with Crippen LogP contribution in [0.5, 0.6) is 0 Å². The minimum absolute atomic E-state index is 0.000290. The molecule has 0 saturated heterocycles. The summed E-state index contributed by atoms with van der Waals surface area (Å²) >= 11 is 12.4. The van der Waals surface area contributed by atoms with Gasteiger partial charge in [-0.2, -0.15) is 0 Å². The normalized spacial score (nSPS) is 13.9. The minimum atomic E-state index is -0.000290. The Morgan fingerprint density at radius 2 is 1.75 bits per heavy atom. The van der Waals surface area contributed by atoms with Gasteiger partial charge in [-0.3, -0.25) is 4.79 Å². The van der Waals surface area contributed by atoms with Crippen molar-refractivity contribution in [2.75, 3.05) is 16.8 Å². The molecule has 20 heavy (non-hydrogen) atoms. The molecule has 5 heteroatoms. The van der Waals surface area contributed by atoms with E-state index in [1.165, 1.54) is 0 Å². The second-order valence-electron chi connectivity index (χ2n) is 4.55. The van der Waals surface area contributed by atoms with Gasteiger partial charge in [-0.05, 0) is 24.3 Å². The summed E-state index contributed by atoms with van der Waals surface area (Å²) < 4.78 is 0. The average molecular weight is 307 g/mol. The van der Waals surface area contributed by atoms with Crippen LogP contribution in [-0.2, 0) is 11.3 Å². The first-order valence-electron chi connectivity index (χ1n) is 6.23. The van der Waals surface area contributed by atoms with Crippen LogP contribution in [0.4, 0.5) is 11.4 Å². The molecule has 3 rings (SSSR count). The number of carbonyl (C=O) groups is 1. The summed E-state index contributed by atoms with van der Waals surface area (Å²) in [4.78, 5) is 13.9. The highest BCUT2D eigenvalue weighted by Gasteiger charge is 2.24. The molecule has 2 aromatic rings. The highest BCUT2D eigenvalue weighted by Crippen LogP contribution is 2.33. The monoisotopic (exact) mass is 306 g/mol. The largest absolute Gasteiger partial charge is 0.374 e. The molecule has 0 fully saturated rings. The highest BCUT2D eigenvalue weighted by molar-refractivity contribution is 6.36. The van der Waals surface area contributed by atoms with Crippen molar-refractivity contribution >= 4 is 40.5 Å². The van der Waals surface area contributed by atoms with Gasteiger partial charge in [0, 0.05) is 15.6 Å². The van der Waals surface area contributed by atoms with E-state index in [2.05, 4.69) is 5.32 Å². The van der Waals surface area contributed by atoms with Gasteiger partial charge >= 0.3 is 0 Å². The maximum Gasteiger partial charge on any atom is 0.246 e. The lowest BCUT2D eigenvalue weighted by Gasteiger charge is -2.30. The smallest absolute Gasteiger partial charge is 0.246 e. The van der Waals surface area contributed by atoms with Gasteiger partial charge in [-0.25, -0.2) is 0 Å². The van der Waals surface area contributed by atoms with Gasteiger partial charge in [-0.15, -0.1) is 0 Å². The van der Waals surface area contributed by atoms with Crippen LogP contribution in [0.2, 0.25) is 10.0 Å². The van der Waals surface area contributed by atoms with Crippen molar-refractivity contribution in [2.45, 2.75) is 6.54 Å². The molecule has 1 N–H and O–H groups in total. The van der Waals surface area contributed by atoms with Crippen LogP contribution in [-0.4, -0.2) is 12.5 Å². The molecule has 2 aromatic carbocycles. The summed E-state index contributed by atoms with van der Waals surface area (Å²) in [5, 5.41) is 4.24. The predicted octanol–water partition coefficient (Wildman–Crippen LogP) is 3.95. The van der Waals surface area contributed by atoms with E-state index in [4.69, 9.17) is 23.2 Å². The molecule has 3 nitrogen and oxygen atoms in total. The summed E-state index contributed by atoms with van der Waals surface area (Å²) in [5.41, 5.74) is 2.55. The van der Waals surface area contributed by atoms with Crippen molar-refractivity contribution in [2.24, 2.45) is 0 Å². The van der Waals surface area contributed by atoms with Crippen molar-refractivity contribution in [1.82, 2.24) is 0 Å². The first-order valence-corrected chi connectivity index (χ1v) is 6.98. The lowest BCUT2D eigenvalue weighted by Crippen LogP contribution is -2.39. The number of halogens is 2. The van der Waals surface area contributed by atoms with Crippen LogP contribution in [0.1, 0.15) is 5.56 Å². The maximum atomic E-state index is 12.2. The summed E-state index contributed by atoms with van der Waals surface area (Å²) in [6.45, 7) is 0.648. The number of nitrogens with one attached hydrogen (secondary N) is 1. The van der Waals surface area contributed by atoms with Gasteiger partial charge in [0.1, 0.15) is 0 Å². The van der Waals surface area contributed by atoms with Crippen molar-refractivity contribution in [3.8, 4) is 0 Å². The number of rotatable bonds is 2. The van der Waals surface area contributed by atoms with Gasteiger partial charge in [0.05, 0.1) is 24.5 Å². The molecule has 0 radical (unpaired) electrons. The van der Waals surface area contributed by atoms with Crippen molar-refractivity contribution in [3.63, 3.8) is 0 Å². The van der Waals surface area contributed by atoms with Gasteiger partial charge in [0.15, 0.2) is 0 Å². The fraction of sp³-hybridized carbons (Fsp3) is 0.133. The zero-order valence-electron chi connectivity index (χ0n) is 10.6. The number of anilines is 2. The number of amides is 1. The Hall–Kier alpha value is -1.71. The molecular formula is C15H12Cl2N2O. The number of hydrogen-bond acceptors (Lipinski definition) is 2. The Kier molecular flexibility index (Phi) is 3.55. The van der Waals surface area contributed by atoms with E-state index < -0.39 is 0 Å². The summed E-state index contributed by atoms with van der Waals surface area (Å²) in [6.07, 6.45) is 0. The summed E-state index contributed by atoms with van der Waals surface area (Å²) in [5.74, 6) is -0.000290. The number of fused-ring (bicyclic) bond motifs is 1. The van der Waals surface area contributed by atoms with Crippen LogP contribution in [0.15, 0.2) is 42.5 Å². The van der Waals surface area contributed by atoms with Gasteiger partial charge < -0.3 is 10.2 Å². The standard InChI is InChI=1S/C15H12Cl2N2O/c16-11-4-3-5-12(17)10(11)9-19-14-7-2-1-6-13(14)18-8-15(19)20/h1-7,18H,8-9H2. The molecule has 0 spiro atoms. The van der Waals surface area contributed by atoms with Gasteiger partial charge in [0.25, 0.3) is 0 Å². The topological polar surface area (TPSA) is 32.3 Å². The number of para-hydroxylation sites is 2. The maximum absolute atomic E-state index is 12.2. The number of carbonyl (C=O) groups excluding carboxylic acids is 1. The van der Waals surface area contributed by atoms with Crippen LogP contribution >= 0.6 is 23.2 Å². The second kappa shape index (κ2) is 5.35. The third-order valence-corrected chi connectivity index (χ3v) is 4.01. The fourth-order valence-electron chi connectivity index (χ4n) is 2.27. The van der Waals surface area contributed by atoms with E-state index in [0.29, 0.717) is 16.6 Å². The molecule has 1 aliphatic rings. The van der Waals surface area contributed by atoms with Crippen molar-refractivity contribution in [1.29, 1.82) is 0 Å². The first-order chi connectivity index (χ1) is 9.66. The number of nitrogens with zero attached hydrogens (tertiary/aromatic N) is 1. The lowest BCUT2D eigenvalue weighted by atomic mass is 10.1.